The number of nitrogens with zero attached hydrogens (tertiary/aromatic N) is 1. The maximum atomic E-state index is 12.5. The minimum Gasteiger partial charge on any atom is -0.355 e. The van der Waals surface area contributed by atoms with Crippen LogP contribution in [-0.4, -0.2) is 23.0 Å². The standard InChI is InChI=1S/C20H27N3OS.2ClH/c1-14-18(15-8-4-3-5-9-15)23-17(25-14)11-13-22-19(24)16-10-6-7-12-20(16,2)21;;/h3-5,8-9,16H,6-7,10-13,21H2,1-2H3,(H,22,24);2*1H. The largest absolute Gasteiger partial charge is 0.355 e. The van der Waals surface area contributed by atoms with Gasteiger partial charge in [-0.15, -0.1) is 36.2 Å². The van der Waals surface area contributed by atoms with Gasteiger partial charge >= 0.3 is 0 Å². The SMILES string of the molecule is Cc1sc(CCNC(=O)C2CCCCC2(C)N)nc1-c1ccccc1.Cl.Cl. The van der Waals surface area contributed by atoms with Gasteiger partial charge in [0.05, 0.1) is 16.6 Å². The van der Waals surface area contributed by atoms with Crippen molar-refractivity contribution in [3.63, 3.8) is 0 Å². The van der Waals surface area contributed by atoms with Crippen molar-refractivity contribution in [2.24, 2.45) is 11.7 Å². The Morgan fingerprint density at radius 2 is 2.00 bits per heavy atom. The van der Waals surface area contributed by atoms with E-state index in [2.05, 4.69) is 24.4 Å². The van der Waals surface area contributed by atoms with Gasteiger partial charge in [-0.25, -0.2) is 4.98 Å². The van der Waals surface area contributed by atoms with Gasteiger partial charge in [-0.2, -0.15) is 0 Å². The molecule has 1 saturated carbocycles. The fraction of sp³-hybridized carbons (Fsp3) is 0.500. The van der Waals surface area contributed by atoms with Gasteiger partial charge in [-0.1, -0.05) is 43.2 Å². The molecule has 1 aromatic heterocycles. The second-order valence-corrected chi connectivity index (χ2v) is 8.51. The highest BCUT2D eigenvalue weighted by atomic mass is 35.5. The fourth-order valence-corrected chi connectivity index (χ4v) is 4.58. The lowest BCUT2D eigenvalue weighted by Gasteiger charge is -2.37. The second-order valence-electron chi connectivity index (χ2n) is 7.22. The molecule has 3 rings (SSSR count). The minimum atomic E-state index is -0.374. The first kappa shape index (κ1) is 23.9. The molecule has 2 unspecified atom stereocenters. The van der Waals surface area contributed by atoms with Gasteiger partial charge in [-0.3, -0.25) is 4.79 Å². The number of nitrogens with one attached hydrogen (secondary N) is 1. The zero-order valence-electron chi connectivity index (χ0n) is 15.9. The van der Waals surface area contributed by atoms with Crippen molar-refractivity contribution >= 4 is 42.1 Å². The number of halogens is 2. The van der Waals surface area contributed by atoms with Crippen molar-refractivity contribution in [2.75, 3.05) is 6.54 Å². The van der Waals surface area contributed by atoms with Gasteiger partial charge in [0.25, 0.3) is 0 Å². The van der Waals surface area contributed by atoms with E-state index in [4.69, 9.17) is 10.7 Å². The number of hydrogen-bond donors (Lipinski definition) is 2. The third-order valence-electron chi connectivity index (χ3n) is 5.10. The molecule has 1 amide bonds. The van der Waals surface area contributed by atoms with Gasteiger partial charge in [0.1, 0.15) is 0 Å². The molecule has 0 bridgehead atoms. The molecule has 1 aliphatic rings. The summed E-state index contributed by atoms with van der Waals surface area (Å²) in [4.78, 5) is 18.5. The number of carbonyl (C=O) groups excluding carboxylic acids is 1. The highest BCUT2D eigenvalue weighted by Crippen LogP contribution is 2.31. The Morgan fingerprint density at radius 3 is 2.67 bits per heavy atom. The molecule has 3 N–H and O–H groups in total. The molecular weight excluding hydrogens is 401 g/mol. The van der Waals surface area contributed by atoms with E-state index >= 15 is 0 Å². The molecule has 1 heterocycles. The third kappa shape index (κ3) is 5.92. The average molecular weight is 430 g/mol. The van der Waals surface area contributed by atoms with E-state index in [1.165, 1.54) is 4.88 Å². The molecule has 7 heteroatoms. The summed E-state index contributed by atoms with van der Waals surface area (Å²) in [6, 6.07) is 10.2. The lowest BCUT2D eigenvalue weighted by Crippen LogP contribution is -2.53. The zero-order chi connectivity index (χ0) is 17.9. The van der Waals surface area contributed by atoms with E-state index < -0.39 is 0 Å². The van der Waals surface area contributed by atoms with E-state index in [9.17, 15) is 4.79 Å². The van der Waals surface area contributed by atoms with E-state index in [0.29, 0.717) is 6.54 Å². The summed E-state index contributed by atoms with van der Waals surface area (Å²) in [6.45, 7) is 4.73. The van der Waals surface area contributed by atoms with Crippen LogP contribution in [-0.2, 0) is 11.2 Å². The van der Waals surface area contributed by atoms with Crippen LogP contribution in [0.15, 0.2) is 30.3 Å². The number of carbonyl (C=O) groups is 1. The highest BCUT2D eigenvalue weighted by molar-refractivity contribution is 7.12. The monoisotopic (exact) mass is 429 g/mol. The molecule has 0 spiro atoms. The van der Waals surface area contributed by atoms with Crippen molar-refractivity contribution in [2.45, 2.75) is 51.5 Å². The second kappa shape index (κ2) is 10.4. The summed E-state index contributed by atoms with van der Waals surface area (Å²) >= 11 is 1.71. The van der Waals surface area contributed by atoms with E-state index in [-0.39, 0.29) is 42.2 Å². The predicted molar refractivity (Wildman–Crippen MR) is 118 cm³/mol. The van der Waals surface area contributed by atoms with E-state index in [1.807, 2.05) is 25.1 Å². The summed E-state index contributed by atoms with van der Waals surface area (Å²) in [6.07, 6.45) is 4.80. The lowest BCUT2D eigenvalue weighted by atomic mass is 9.74. The number of benzene rings is 1. The van der Waals surface area contributed by atoms with Crippen LogP contribution >= 0.6 is 36.2 Å². The molecule has 1 aromatic carbocycles. The maximum Gasteiger partial charge on any atom is 0.224 e. The molecule has 27 heavy (non-hydrogen) atoms. The number of aryl methyl sites for hydroxylation is 1. The molecule has 1 aliphatic carbocycles. The Labute approximate surface area is 178 Å². The van der Waals surface area contributed by atoms with Crippen molar-refractivity contribution in [1.29, 1.82) is 0 Å². The Bertz CT molecular complexity index is 734. The molecule has 2 aromatic rings. The summed E-state index contributed by atoms with van der Waals surface area (Å²) in [5.74, 6) is 0.0282. The average Bonchev–Trinajstić information content (AvgIpc) is 2.96. The first-order valence-corrected chi connectivity index (χ1v) is 9.87. The summed E-state index contributed by atoms with van der Waals surface area (Å²) < 4.78 is 0. The van der Waals surface area contributed by atoms with Gasteiger partial charge in [0, 0.05) is 28.9 Å². The third-order valence-corrected chi connectivity index (χ3v) is 6.13. The van der Waals surface area contributed by atoms with Crippen molar-refractivity contribution in [3.05, 3.63) is 40.2 Å². The van der Waals surface area contributed by atoms with Crippen LogP contribution in [0, 0.1) is 12.8 Å². The molecule has 150 valence electrons. The molecular formula is C20H29Cl2N3OS. The lowest BCUT2D eigenvalue weighted by molar-refractivity contribution is -0.128. The number of rotatable bonds is 5. The smallest absolute Gasteiger partial charge is 0.224 e. The summed E-state index contributed by atoms with van der Waals surface area (Å²) in [5, 5.41) is 4.14. The fourth-order valence-electron chi connectivity index (χ4n) is 3.63. The maximum absolute atomic E-state index is 12.5. The summed E-state index contributed by atoms with van der Waals surface area (Å²) in [7, 11) is 0. The van der Waals surface area contributed by atoms with Crippen molar-refractivity contribution in [3.8, 4) is 11.3 Å². The Morgan fingerprint density at radius 1 is 1.30 bits per heavy atom. The van der Waals surface area contributed by atoms with E-state index in [1.54, 1.807) is 11.3 Å². The van der Waals surface area contributed by atoms with Gasteiger partial charge in [0.15, 0.2) is 0 Å². The first-order valence-electron chi connectivity index (χ1n) is 9.06. The highest BCUT2D eigenvalue weighted by Gasteiger charge is 2.37. The van der Waals surface area contributed by atoms with Crippen LogP contribution in [0.1, 0.15) is 42.5 Å². The quantitative estimate of drug-likeness (QED) is 0.733. The molecule has 2 atom stereocenters. The van der Waals surface area contributed by atoms with Crippen LogP contribution in [0.25, 0.3) is 11.3 Å². The predicted octanol–water partition coefficient (Wildman–Crippen LogP) is 4.53. The topological polar surface area (TPSA) is 68.0 Å². The number of nitrogens with two attached hydrogens (primary N) is 1. The Kier molecular flexibility index (Phi) is 9.22. The van der Waals surface area contributed by atoms with Crippen LogP contribution < -0.4 is 11.1 Å². The first-order chi connectivity index (χ1) is 12.0. The minimum absolute atomic E-state index is 0. The van der Waals surface area contributed by atoms with Crippen molar-refractivity contribution in [1.82, 2.24) is 10.3 Å². The molecule has 4 nitrogen and oxygen atoms in total. The van der Waals surface area contributed by atoms with Gasteiger partial charge in [-0.05, 0) is 26.7 Å². The Balaban J connectivity index is 0.00000182. The van der Waals surface area contributed by atoms with E-state index in [0.717, 1.165) is 48.4 Å². The van der Waals surface area contributed by atoms with Gasteiger partial charge in [0.2, 0.25) is 5.91 Å². The number of thiazole rings is 1. The number of hydrogen-bond acceptors (Lipinski definition) is 4. The number of amides is 1. The zero-order valence-corrected chi connectivity index (χ0v) is 18.3. The summed E-state index contributed by atoms with van der Waals surface area (Å²) in [5.41, 5.74) is 8.14. The van der Waals surface area contributed by atoms with Gasteiger partial charge < -0.3 is 11.1 Å². The molecule has 0 aliphatic heterocycles. The molecule has 0 radical (unpaired) electrons. The van der Waals surface area contributed by atoms with Crippen LogP contribution in [0.2, 0.25) is 0 Å². The van der Waals surface area contributed by atoms with Crippen LogP contribution in [0.3, 0.4) is 0 Å². The van der Waals surface area contributed by atoms with Crippen LogP contribution in [0.4, 0.5) is 0 Å². The van der Waals surface area contributed by atoms with Crippen molar-refractivity contribution < 1.29 is 4.79 Å². The molecule has 0 saturated heterocycles. The molecule has 1 fully saturated rings. The normalized spacial score (nSPS) is 21.7. The van der Waals surface area contributed by atoms with Crippen LogP contribution in [0.5, 0.6) is 0 Å². The Hall–Kier alpha value is -1.14. The number of aromatic nitrogens is 1.